The number of esters is 1. The molecule has 0 radical (unpaired) electrons. The number of H-pyrrole nitrogens is 1. The minimum atomic E-state index is -0.462. The molecule has 0 atom stereocenters. The Morgan fingerprint density at radius 1 is 1.61 bits per heavy atom. The van der Waals surface area contributed by atoms with Crippen LogP contribution in [0, 0.1) is 0 Å². The van der Waals surface area contributed by atoms with Crippen molar-refractivity contribution in [3.63, 3.8) is 0 Å². The van der Waals surface area contributed by atoms with Crippen LogP contribution < -0.4 is 5.56 Å². The summed E-state index contributed by atoms with van der Waals surface area (Å²) in [6, 6.07) is 1.52. The quantitative estimate of drug-likeness (QED) is 0.823. The van der Waals surface area contributed by atoms with Crippen molar-refractivity contribution in [1.29, 1.82) is 0 Å². The maximum absolute atomic E-state index is 11.9. The Morgan fingerprint density at radius 3 is 3.06 bits per heavy atom. The van der Waals surface area contributed by atoms with Crippen LogP contribution in [-0.2, 0) is 4.74 Å². The molecule has 1 aliphatic carbocycles. The summed E-state index contributed by atoms with van der Waals surface area (Å²) in [6.45, 7) is 2.03. The highest BCUT2D eigenvalue weighted by atomic mass is 16.5. The van der Waals surface area contributed by atoms with Crippen molar-refractivity contribution < 1.29 is 9.53 Å². The number of hydrogen-bond acceptors (Lipinski definition) is 4. The molecule has 1 aliphatic rings. The second kappa shape index (κ2) is 3.97. The first kappa shape index (κ1) is 11.0. The second-order valence-electron chi connectivity index (χ2n) is 4.36. The largest absolute Gasteiger partial charge is 0.462 e. The third-order valence-electron chi connectivity index (χ3n) is 3.01. The van der Waals surface area contributed by atoms with Gasteiger partial charge in [-0.2, -0.15) is 0 Å². The van der Waals surface area contributed by atoms with Crippen LogP contribution in [0.25, 0.3) is 5.65 Å². The van der Waals surface area contributed by atoms with E-state index in [0.29, 0.717) is 23.7 Å². The summed E-state index contributed by atoms with van der Waals surface area (Å²) in [5.41, 5.74) is 1.22. The van der Waals surface area contributed by atoms with Crippen LogP contribution in [0.15, 0.2) is 17.1 Å². The standard InChI is InChI=1S/C12H13N3O3/c1-2-18-12(17)8-6-13-15-10(16)5-9(7-3-4-7)14-11(8)15/h5-7,13H,2-4H2,1H3. The lowest BCUT2D eigenvalue weighted by Gasteiger charge is -2.01. The van der Waals surface area contributed by atoms with Crippen LogP contribution in [0.4, 0.5) is 0 Å². The Bertz CT molecular complexity index is 667. The number of rotatable bonds is 3. The fraction of sp³-hybridized carbons (Fsp3) is 0.417. The van der Waals surface area contributed by atoms with Gasteiger partial charge < -0.3 is 4.74 Å². The molecule has 1 fully saturated rings. The van der Waals surface area contributed by atoms with Crippen molar-refractivity contribution >= 4 is 11.6 Å². The summed E-state index contributed by atoms with van der Waals surface area (Å²) < 4.78 is 6.20. The van der Waals surface area contributed by atoms with Crippen LogP contribution in [0.2, 0.25) is 0 Å². The molecule has 2 aromatic rings. The molecule has 0 bridgehead atoms. The molecule has 94 valence electrons. The Kier molecular flexibility index (Phi) is 2.43. The van der Waals surface area contributed by atoms with Gasteiger partial charge in [0.05, 0.1) is 12.3 Å². The molecule has 0 saturated heterocycles. The molecule has 1 saturated carbocycles. The number of ether oxygens (including phenoxy) is 1. The number of nitrogens with zero attached hydrogens (tertiary/aromatic N) is 2. The zero-order valence-electron chi connectivity index (χ0n) is 9.97. The van der Waals surface area contributed by atoms with Crippen molar-refractivity contribution in [3.8, 4) is 0 Å². The molecule has 2 heterocycles. The van der Waals surface area contributed by atoms with Crippen LogP contribution >= 0.6 is 0 Å². The zero-order chi connectivity index (χ0) is 12.7. The molecular weight excluding hydrogens is 234 g/mol. The van der Waals surface area contributed by atoms with E-state index in [2.05, 4.69) is 10.1 Å². The van der Waals surface area contributed by atoms with Crippen molar-refractivity contribution in [2.75, 3.05) is 6.61 Å². The zero-order valence-corrected chi connectivity index (χ0v) is 9.97. The van der Waals surface area contributed by atoms with Crippen molar-refractivity contribution in [2.24, 2.45) is 0 Å². The fourth-order valence-corrected chi connectivity index (χ4v) is 1.95. The average Bonchev–Trinajstić information content (AvgIpc) is 3.09. The maximum atomic E-state index is 11.9. The topological polar surface area (TPSA) is 76.5 Å². The minimum absolute atomic E-state index is 0.197. The lowest BCUT2D eigenvalue weighted by atomic mass is 10.2. The number of fused-ring (bicyclic) bond motifs is 1. The van der Waals surface area contributed by atoms with Gasteiger partial charge in [-0.05, 0) is 19.8 Å². The summed E-state index contributed by atoms with van der Waals surface area (Å²) in [5, 5.41) is 2.72. The minimum Gasteiger partial charge on any atom is -0.462 e. The van der Waals surface area contributed by atoms with E-state index >= 15 is 0 Å². The van der Waals surface area contributed by atoms with E-state index in [1.807, 2.05) is 0 Å². The Balaban J connectivity index is 2.15. The normalized spacial score (nSPS) is 14.9. The Hall–Kier alpha value is -2.11. The molecule has 6 nitrogen and oxygen atoms in total. The maximum Gasteiger partial charge on any atom is 0.343 e. The SMILES string of the molecule is CCOC(=O)c1c[nH]n2c(=O)cc(C3CC3)nc12. The van der Waals surface area contributed by atoms with Gasteiger partial charge in [-0.3, -0.25) is 9.89 Å². The number of aromatic amines is 1. The molecule has 3 rings (SSSR count). The summed E-state index contributed by atoms with van der Waals surface area (Å²) >= 11 is 0. The van der Waals surface area contributed by atoms with E-state index in [9.17, 15) is 9.59 Å². The first-order chi connectivity index (χ1) is 8.70. The van der Waals surface area contributed by atoms with Crippen molar-refractivity contribution in [3.05, 3.63) is 33.9 Å². The van der Waals surface area contributed by atoms with Gasteiger partial charge in [0.2, 0.25) is 0 Å². The number of aromatic nitrogens is 3. The molecule has 0 spiro atoms. The monoisotopic (exact) mass is 247 g/mol. The lowest BCUT2D eigenvalue weighted by molar-refractivity contribution is 0.0528. The van der Waals surface area contributed by atoms with Crippen LogP contribution in [0.3, 0.4) is 0 Å². The first-order valence-corrected chi connectivity index (χ1v) is 5.99. The summed E-state index contributed by atoms with van der Waals surface area (Å²) in [4.78, 5) is 28.0. The van der Waals surface area contributed by atoms with Crippen molar-refractivity contribution in [1.82, 2.24) is 14.6 Å². The van der Waals surface area contributed by atoms with E-state index in [1.165, 1.54) is 16.8 Å². The van der Waals surface area contributed by atoms with Gasteiger partial charge in [0.25, 0.3) is 5.56 Å². The van der Waals surface area contributed by atoms with E-state index < -0.39 is 5.97 Å². The third kappa shape index (κ3) is 1.70. The second-order valence-corrected chi connectivity index (χ2v) is 4.36. The smallest absolute Gasteiger partial charge is 0.343 e. The lowest BCUT2D eigenvalue weighted by Crippen LogP contribution is -2.16. The molecule has 6 heteroatoms. The number of nitrogens with one attached hydrogen (secondary N) is 1. The van der Waals surface area contributed by atoms with Gasteiger partial charge >= 0.3 is 5.97 Å². The molecule has 0 aliphatic heterocycles. The van der Waals surface area contributed by atoms with Crippen molar-refractivity contribution in [2.45, 2.75) is 25.7 Å². The van der Waals surface area contributed by atoms with Crippen LogP contribution in [0.5, 0.6) is 0 Å². The molecule has 18 heavy (non-hydrogen) atoms. The number of carbonyl (C=O) groups is 1. The predicted molar refractivity (Wildman–Crippen MR) is 63.7 cm³/mol. The highest BCUT2D eigenvalue weighted by molar-refractivity contribution is 5.95. The van der Waals surface area contributed by atoms with Gasteiger partial charge in [0.15, 0.2) is 5.65 Å². The molecule has 2 aromatic heterocycles. The van der Waals surface area contributed by atoms with Crippen LogP contribution in [-0.4, -0.2) is 27.2 Å². The van der Waals surface area contributed by atoms with Gasteiger partial charge in [0, 0.05) is 18.2 Å². The van der Waals surface area contributed by atoms with E-state index in [0.717, 1.165) is 18.5 Å². The number of hydrogen-bond donors (Lipinski definition) is 1. The van der Waals surface area contributed by atoms with E-state index in [-0.39, 0.29) is 5.56 Å². The van der Waals surface area contributed by atoms with Crippen LogP contribution in [0.1, 0.15) is 41.7 Å². The molecule has 0 amide bonds. The molecule has 0 aromatic carbocycles. The summed E-state index contributed by atoms with van der Waals surface area (Å²) in [6.07, 6.45) is 3.57. The first-order valence-electron chi connectivity index (χ1n) is 5.99. The Labute approximate surface area is 103 Å². The van der Waals surface area contributed by atoms with Gasteiger partial charge in [-0.25, -0.2) is 14.3 Å². The average molecular weight is 247 g/mol. The summed E-state index contributed by atoms with van der Waals surface area (Å²) in [5.74, 6) is -0.0938. The predicted octanol–water partition coefficient (Wildman–Crippen LogP) is 1.08. The van der Waals surface area contributed by atoms with Gasteiger partial charge in [0.1, 0.15) is 5.56 Å². The van der Waals surface area contributed by atoms with Gasteiger partial charge in [-0.15, -0.1) is 0 Å². The third-order valence-corrected chi connectivity index (χ3v) is 3.01. The van der Waals surface area contributed by atoms with E-state index in [1.54, 1.807) is 6.92 Å². The highest BCUT2D eigenvalue weighted by Gasteiger charge is 2.27. The summed E-state index contributed by atoms with van der Waals surface area (Å²) in [7, 11) is 0. The fourth-order valence-electron chi connectivity index (χ4n) is 1.95. The molecular formula is C12H13N3O3. The van der Waals surface area contributed by atoms with E-state index in [4.69, 9.17) is 4.74 Å². The molecule has 0 unspecified atom stereocenters. The van der Waals surface area contributed by atoms with Gasteiger partial charge in [-0.1, -0.05) is 0 Å². The molecule has 1 N–H and O–H groups in total. The number of carbonyl (C=O) groups excluding carboxylic acids is 1. The Morgan fingerprint density at radius 2 is 2.39 bits per heavy atom. The highest BCUT2D eigenvalue weighted by Crippen LogP contribution is 2.38.